The lowest BCUT2D eigenvalue weighted by Gasteiger charge is -2.46. The molecule has 16 rings (SSSR count). The fraction of sp³-hybridized carbons (Fsp3) is 0.731. The van der Waals surface area contributed by atoms with Crippen molar-refractivity contribution in [3.63, 3.8) is 0 Å². The van der Waals surface area contributed by atoms with Crippen LogP contribution in [0.25, 0.3) is 0 Å². The van der Waals surface area contributed by atoms with Gasteiger partial charge in [-0.3, -0.25) is 47.9 Å². The number of hydrogen-bond acceptors (Lipinski definition) is 26. The van der Waals surface area contributed by atoms with Crippen molar-refractivity contribution in [3.8, 4) is 0 Å². The van der Waals surface area contributed by atoms with E-state index in [1.54, 1.807) is 6.92 Å². The molecule has 0 spiro atoms. The number of hydrogen-bond donors (Lipinski definition) is 8. The van der Waals surface area contributed by atoms with Crippen molar-refractivity contribution in [2.45, 2.75) is 135 Å². The van der Waals surface area contributed by atoms with Crippen LogP contribution in [-0.2, 0) is 95.4 Å². The van der Waals surface area contributed by atoms with Crippen molar-refractivity contribution in [2.24, 2.45) is 154 Å². The molecule has 16 aliphatic rings. The number of fused-ring (bicyclic) bond motifs is 17. The van der Waals surface area contributed by atoms with Crippen molar-refractivity contribution in [2.75, 3.05) is 14.2 Å². The van der Waals surface area contributed by atoms with Gasteiger partial charge in [0, 0.05) is 57.0 Å². The van der Waals surface area contributed by atoms with E-state index in [9.17, 15) is 78.0 Å². The Bertz CT molecular complexity index is 3220. The fourth-order valence-electron chi connectivity index (χ4n) is 22.2. The number of ether oxygens (including phenoxy) is 8. The first-order chi connectivity index (χ1) is 45.2. The second kappa shape index (κ2) is 25.9. The van der Waals surface area contributed by atoms with Crippen LogP contribution in [0.3, 0.4) is 0 Å². The van der Waals surface area contributed by atoms with Gasteiger partial charge in [0.05, 0.1) is 65.7 Å². The van der Waals surface area contributed by atoms with Crippen LogP contribution in [0, 0.1) is 154 Å². The van der Waals surface area contributed by atoms with Gasteiger partial charge in [0.2, 0.25) is 17.4 Å². The van der Waals surface area contributed by atoms with E-state index in [4.69, 9.17) is 53.6 Å². The molecule has 0 aromatic heterocycles. The summed E-state index contributed by atoms with van der Waals surface area (Å²) in [5, 5.41) is 74.2. The summed E-state index contributed by atoms with van der Waals surface area (Å²) in [4.78, 5) is 143. The first-order valence-electron chi connectivity index (χ1n) is 33.0. The van der Waals surface area contributed by atoms with Crippen LogP contribution in [0.1, 0.15) is 86.5 Å². The lowest BCUT2D eigenvalue weighted by Crippen LogP contribution is -2.57. The number of carbonyl (C=O) groups excluding carboxylic acids is 10. The monoisotopic (exact) mass is 1340 g/mol. The Morgan fingerprint density at radius 1 is 0.547 bits per heavy atom. The minimum absolute atomic E-state index is 0.0303. The van der Waals surface area contributed by atoms with Gasteiger partial charge < -0.3 is 78.7 Å². The number of carbonyl (C=O) groups is 12. The molecule has 95 heavy (non-hydrogen) atoms. The van der Waals surface area contributed by atoms with Crippen LogP contribution in [0.2, 0.25) is 0 Å². The highest BCUT2D eigenvalue weighted by molar-refractivity contribution is 6.05. The maximum atomic E-state index is 13.3. The molecule has 28 nitrogen and oxygen atoms in total. The highest BCUT2D eigenvalue weighted by Crippen LogP contribution is 2.70. The molecule has 10 bridgehead atoms. The molecule has 0 radical (unpaired) electrons. The number of epoxide rings is 1. The van der Waals surface area contributed by atoms with Crippen molar-refractivity contribution in [3.05, 3.63) is 35.8 Å². The van der Waals surface area contributed by atoms with Gasteiger partial charge in [-0.2, -0.15) is 0 Å². The van der Waals surface area contributed by atoms with Gasteiger partial charge in [0.15, 0.2) is 5.76 Å². The maximum absolute atomic E-state index is 13.3. The number of carboxylic acids is 2. The quantitative estimate of drug-likeness (QED) is 0.0344. The maximum Gasteiger partial charge on any atom is 0.338 e. The fourth-order valence-corrected chi connectivity index (χ4v) is 22.2. The Morgan fingerprint density at radius 2 is 0.937 bits per heavy atom. The predicted molar refractivity (Wildman–Crippen MR) is 312 cm³/mol. The van der Waals surface area contributed by atoms with Crippen LogP contribution >= 0.6 is 0 Å². The Labute approximate surface area is 545 Å². The van der Waals surface area contributed by atoms with E-state index in [-0.39, 0.29) is 124 Å². The first kappa shape index (κ1) is 69.5. The molecule has 0 aromatic rings. The molecule has 34 atom stereocenters. The zero-order valence-electron chi connectivity index (χ0n) is 53.6. The minimum Gasteiger partial charge on any atom is -0.502 e. The molecule has 10 aliphatic carbocycles. The van der Waals surface area contributed by atoms with Gasteiger partial charge in [-0.05, 0) is 121 Å². The SMILES string of the molecule is CCC12OC3C4CC(C(C)C4C4C(=O)OC(=O)C4C4C(C)C5CC4C(OC=O)C5O)C3C(=O)C1(O)O2.CCC1=C(O)C(=O)C2C3CC(C2O1)C(C1C(=O)OC(=O)C1C1C(C)C2CC1C(OC=O)C2O)C3C.CO.CO.O=C(O)C1C2C=CC(C2)C1C(=O)O.O=C1C=CC(=O)O1. The molecule has 9 saturated carbocycles. The molecular weight excluding hydrogens is 1250 g/mol. The van der Waals surface area contributed by atoms with Gasteiger partial charge in [-0.15, -0.1) is 0 Å². The van der Waals surface area contributed by atoms with Gasteiger partial charge in [0.25, 0.3) is 18.7 Å². The summed E-state index contributed by atoms with van der Waals surface area (Å²) in [5.74, 6) is -16.5. The first-order valence-corrected chi connectivity index (χ1v) is 33.0. The van der Waals surface area contributed by atoms with Gasteiger partial charge >= 0.3 is 47.8 Å². The van der Waals surface area contributed by atoms with E-state index in [0.717, 1.165) is 26.4 Å². The molecule has 13 fully saturated rings. The normalized spacial score (nSPS) is 49.0. The number of Topliss-reactive ketones (excluding diaryl/α,β-unsaturated/α-hetero) is 2. The zero-order valence-corrected chi connectivity index (χ0v) is 53.6. The van der Waals surface area contributed by atoms with Crippen LogP contribution in [0.15, 0.2) is 35.8 Å². The van der Waals surface area contributed by atoms with E-state index in [1.807, 2.05) is 46.8 Å². The molecule has 520 valence electrons. The summed E-state index contributed by atoms with van der Waals surface area (Å²) in [6.07, 6.45) is 6.02. The summed E-state index contributed by atoms with van der Waals surface area (Å²) < 4.78 is 42.9. The number of carboxylic acid groups (broad SMARTS) is 2. The minimum atomic E-state index is -1.89. The van der Waals surface area contributed by atoms with E-state index >= 15 is 0 Å². The summed E-state index contributed by atoms with van der Waals surface area (Å²) >= 11 is 0. The third kappa shape index (κ3) is 10.4. The smallest absolute Gasteiger partial charge is 0.338 e. The Kier molecular flexibility index (Phi) is 18.9. The van der Waals surface area contributed by atoms with Gasteiger partial charge in [-0.25, -0.2) is 9.59 Å². The third-order valence-corrected chi connectivity index (χ3v) is 25.7. The molecule has 4 saturated heterocycles. The number of aliphatic hydroxyl groups is 6. The van der Waals surface area contributed by atoms with E-state index in [2.05, 4.69) is 4.74 Å². The zero-order chi connectivity index (χ0) is 69.3. The van der Waals surface area contributed by atoms with Crippen LogP contribution in [0.5, 0.6) is 0 Å². The second-order valence-corrected chi connectivity index (χ2v) is 28.6. The van der Waals surface area contributed by atoms with Gasteiger partial charge in [-0.1, -0.05) is 53.7 Å². The molecule has 34 unspecified atom stereocenters. The standard InChI is InChI=1S/C26H32O10.C26H32O9.C9H10O4.C4H2O3.2CH4O/c1-4-25-26(32,36-25)22(29)16-10-5-12(20(16)35-25)14(8(10)2)17-18(24(31)34-23(17)30)15-9(3)11-6-13(15)21(19(11)28)33-7-27;1-4-14-21(29)22(30)17-10-5-12(23(17)34-14)15(8(10)2)18-19(26(32)35-25(18)31)16-9(3)11-6-13(16)24(20(11)28)33-7-27;10-8(11)6-4-1-2-5(3-4)7(6)9(12)13;5-3-1-2-4(6)7-3;2*1-2/h7-21,28,32H,4-6H2,1-3H3;7-13,15-20,23-24,28-29H,4-6H2,1-3H3;1-2,4-7H,3H2,(H,10,11)(H,12,13);1-2H;2*2H,1H3. The highest BCUT2D eigenvalue weighted by atomic mass is 16.9. The number of allylic oxidation sites excluding steroid dienone is 4. The Balaban J connectivity index is 0.000000144. The second-order valence-electron chi connectivity index (χ2n) is 28.6. The van der Waals surface area contributed by atoms with Crippen molar-refractivity contribution < 1.29 is 136 Å². The molecule has 28 heteroatoms. The molecule has 0 aromatic carbocycles. The van der Waals surface area contributed by atoms with Crippen LogP contribution in [0.4, 0.5) is 0 Å². The van der Waals surface area contributed by atoms with E-state index in [0.29, 0.717) is 63.6 Å². The summed E-state index contributed by atoms with van der Waals surface area (Å²) in [6.45, 7) is 12.3. The van der Waals surface area contributed by atoms with Crippen LogP contribution in [-0.4, -0.2) is 176 Å². The largest absolute Gasteiger partial charge is 0.502 e. The number of aliphatic hydroxyl groups excluding tert-OH is 5. The third-order valence-electron chi connectivity index (χ3n) is 25.7. The van der Waals surface area contributed by atoms with E-state index in [1.165, 1.54) is 0 Å². The lowest BCUT2D eigenvalue weighted by atomic mass is 9.59. The average Bonchev–Trinajstić information content (AvgIpc) is 1.49. The summed E-state index contributed by atoms with van der Waals surface area (Å²) in [7, 11) is 2.00. The van der Waals surface area contributed by atoms with Crippen molar-refractivity contribution in [1.29, 1.82) is 0 Å². The van der Waals surface area contributed by atoms with Crippen LogP contribution < -0.4 is 0 Å². The molecule has 8 N–H and O–H groups in total. The topological polar surface area (TPSA) is 444 Å². The molecular formula is C67H84O28. The number of rotatable bonds is 12. The molecule has 6 aliphatic heterocycles. The number of cyclic esters (lactones) is 6. The molecule has 0 amide bonds. The molecule has 6 heterocycles. The Morgan fingerprint density at radius 3 is 1.31 bits per heavy atom. The van der Waals surface area contributed by atoms with Crippen molar-refractivity contribution in [1.82, 2.24) is 0 Å². The summed E-state index contributed by atoms with van der Waals surface area (Å²) in [5.41, 5.74) is 0. The van der Waals surface area contributed by atoms with Crippen molar-refractivity contribution >= 4 is 72.3 Å². The Hall–Kier alpha value is -6.82. The summed E-state index contributed by atoms with van der Waals surface area (Å²) in [6, 6.07) is 0. The number of ketones is 2. The average molecular weight is 1340 g/mol. The predicted octanol–water partition coefficient (Wildman–Crippen LogP) is 1.63. The number of aliphatic carboxylic acids is 2. The lowest BCUT2D eigenvalue weighted by molar-refractivity contribution is -0.190. The highest BCUT2D eigenvalue weighted by Gasteiger charge is 2.84. The van der Waals surface area contributed by atoms with E-state index < -0.39 is 143 Å². The van der Waals surface area contributed by atoms with Gasteiger partial charge in [0.1, 0.15) is 24.1 Å². The number of esters is 6.